The van der Waals surface area contributed by atoms with Gasteiger partial charge in [0.2, 0.25) is 0 Å². The van der Waals surface area contributed by atoms with Gasteiger partial charge in [-0.05, 0) is 38.2 Å². The number of carbonyl (C=O) groups excluding carboxylic acids is 2. The molecule has 0 spiro atoms. The minimum absolute atomic E-state index is 0.00591. The van der Waals surface area contributed by atoms with Crippen LogP contribution in [0.2, 0.25) is 0 Å². The molecule has 2 rings (SSSR count). The van der Waals surface area contributed by atoms with Crippen molar-refractivity contribution in [3.05, 3.63) is 59.7 Å². The van der Waals surface area contributed by atoms with E-state index in [9.17, 15) is 9.59 Å². The number of hydrogen-bond acceptors (Lipinski definition) is 4. The summed E-state index contributed by atoms with van der Waals surface area (Å²) in [6.07, 6.45) is 10.8. The van der Waals surface area contributed by atoms with Crippen molar-refractivity contribution in [3.63, 3.8) is 0 Å². The van der Waals surface area contributed by atoms with E-state index in [0.717, 1.165) is 48.6 Å². The van der Waals surface area contributed by atoms with Gasteiger partial charge in [0.1, 0.15) is 11.4 Å². The average molecular weight is 359 g/mol. The van der Waals surface area contributed by atoms with Gasteiger partial charge in [0, 0.05) is 6.42 Å². The summed E-state index contributed by atoms with van der Waals surface area (Å²) in [5.74, 6) is -0.367. The highest BCUT2D eigenvalue weighted by molar-refractivity contribution is 8.15. The minimum Gasteiger partial charge on any atom is -0.460 e. The van der Waals surface area contributed by atoms with Gasteiger partial charge in [0.25, 0.3) is 0 Å². The van der Waals surface area contributed by atoms with Crippen molar-refractivity contribution in [3.8, 4) is 0 Å². The molecule has 3 nitrogen and oxygen atoms in total. The van der Waals surface area contributed by atoms with Gasteiger partial charge in [-0.1, -0.05) is 72.8 Å². The van der Waals surface area contributed by atoms with Gasteiger partial charge in [-0.3, -0.25) is 9.59 Å². The van der Waals surface area contributed by atoms with E-state index in [1.807, 2.05) is 43.3 Å². The second-order valence-corrected chi connectivity index (χ2v) is 7.87. The molecule has 4 heteroatoms. The Kier molecular flexibility index (Phi) is 7.51. The standard InChI is InChI=1S/C21H26O3S/c1-3-19(22)25-21(2,15-17-11-7-4-5-8-12-17)20(23)24-16-18-13-9-6-10-14-18/h6-7,9-11,13-15H,3-5,8,12,16H2,1-2H3/b17-15-/t21-/m1/s1. The number of rotatable bonds is 6. The number of carbonyl (C=O) groups is 2. The lowest BCUT2D eigenvalue weighted by molar-refractivity contribution is -0.146. The van der Waals surface area contributed by atoms with Crippen molar-refractivity contribution in [1.29, 1.82) is 0 Å². The Bertz CT molecular complexity index is 648. The fourth-order valence-corrected chi connectivity index (χ4v) is 3.66. The van der Waals surface area contributed by atoms with Gasteiger partial charge in [-0.25, -0.2) is 0 Å². The first kappa shape index (κ1) is 19.5. The molecule has 0 heterocycles. The number of benzene rings is 1. The number of esters is 1. The fourth-order valence-electron chi connectivity index (χ4n) is 2.69. The Morgan fingerprint density at radius 2 is 2.00 bits per heavy atom. The maximum Gasteiger partial charge on any atom is 0.326 e. The normalized spacial score (nSPS) is 18.4. The van der Waals surface area contributed by atoms with Crippen LogP contribution in [0, 0.1) is 0 Å². The molecule has 1 aliphatic rings. The maximum absolute atomic E-state index is 12.8. The summed E-state index contributed by atoms with van der Waals surface area (Å²) in [5.41, 5.74) is 2.04. The van der Waals surface area contributed by atoms with Crippen LogP contribution in [0.15, 0.2) is 54.1 Å². The van der Waals surface area contributed by atoms with Crippen LogP contribution in [-0.2, 0) is 20.9 Å². The smallest absolute Gasteiger partial charge is 0.326 e. The zero-order valence-electron chi connectivity index (χ0n) is 15.0. The molecule has 0 saturated carbocycles. The van der Waals surface area contributed by atoms with E-state index in [1.54, 1.807) is 6.92 Å². The van der Waals surface area contributed by atoms with Crippen LogP contribution >= 0.6 is 11.8 Å². The van der Waals surface area contributed by atoms with E-state index < -0.39 is 4.75 Å². The number of hydrogen-bond donors (Lipinski definition) is 0. The first-order valence-corrected chi connectivity index (χ1v) is 9.66. The van der Waals surface area contributed by atoms with Gasteiger partial charge in [0.05, 0.1) is 0 Å². The first-order chi connectivity index (χ1) is 12.0. The molecular weight excluding hydrogens is 332 g/mol. The molecule has 1 atom stereocenters. The van der Waals surface area contributed by atoms with Gasteiger partial charge >= 0.3 is 5.97 Å². The van der Waals surface area contributed by atoms with Crippen molar-refractivity contribution in [2.45, 2.75) is 57.3 Å². The van der Waals surface area contributed by atoms with Gasteiger partial charge < -0.3 is 4.74 Å². The van der Waals surface area contributed by atoms with Crippen molar-refractivity contribution in [1.82, 2.24) is 0 Å². The van der Waals surface area contributed by atoms with Gasteiger partial charge in [0.15, 0.2) is 5.12 Å². The number of thioether (sulfide) groups is 1. The highest BCUT2D eigenvalue weighted by Gasteiger charge is 2.36. The Morgan fingerprint density at radius 3 is 2.72 bits per heavy atom. The Morgan fingerprint density at radius 1 is 1.24 bits per heavy atom. The zero-order chi connectivity index (χ0) is 18.1. The summed E-state index contributed by atoms with van der Waals surface area (Å²) in [6.45, 7) is 3.81. The Labute approximate surface area is 154 Å². The summed E-state index contributed by atoms with van der Waals surface area (Å²) in [5, 5.41) is -0.00591. The van der Waals surface area contributed by atoms with Crippen molar-refractivity contribution in [2.24, 2.45) is 0 Å². The molecular formula is C21H26O3S. The maximum atomic E-state index is 12.8. The quantitative estimate of drug-likeness (QED) is 0.654. The zero-order valence-corrected chi connectivity index (χ0v) is 15.8. The van der Waals surface area contributed by atoms with Crippen LogP contribution in [0.4, 0.5) is 0 Å². The molecule has 25 heavy (non-hydrogen) atoms. The van der Waals surface area contributed by atoms with E-state index in [-0.39, 0.29) is 17.7 Å². The van der Waals surface area contributed by atoms with E-state index in [1.165, 1.54) is 0 Å². The third-order valence-electron chi connectivity index (χ3n) is 4.11. The molecule has 0 radical (unpaired) electrons. The molecule has 0 N–H and O–H groups in total. The van der Waals surface area contributed by atoms with Crippen molar-refractivity contribution in [2.75, 3.05) is 0 Å². The lowest BCUT2D eigenvalue weighted by atomic mass is 10.0. The molecule has 0 bridgehead atoms. The molecule has 134 valence electrons. The van der Waals surface area contributed by atoms with E-state index in [4.69, 9.17) is 4.74 Å². The molecule has 1 aromatic rings. The third kappa shape index (κ3) is 6.20. The van der Waals surface area contributed by atoms with Crippen LogP contribution in [0.5, 0.6) is 0 Å². The molecule has 1 aromatic carbocycles. The average Bonchev–Trinajstić information content (AvgIpc) is 2.88. The lowest BCUT2D eigenvalue weighted by Crippen LogP contribution is -2.33. The lowest BCUT2D eigenvalue weighted by Gasteiger charge is -2.23. The van der Waals surface area contributed by atoms with Crippen molar-refractivity contribution >= 4 is 22.8 Å². The Hall–Kier alpha value is -1.81. The van der Waals surface area contributed by atoms with E-state index in [2.05, 4.69) is 12.2 Å². The predicted molar refractivity (Wildman–Crippen MR) is 103 cm³/mol. The highest BCUT2D eigenvalue weighted by Crippen LogP contribution is 2.33. The molecule has 0 saturated heterocycles. The largest absolute Gasteiger partial charge is 0.460 e. The molecule has 0 fully saturated rings. The predicted octanol–water partition coefficient (Wildman–Crippen LogP) is 5.21. The fraction of sp³-hybridized carbons (Fsp3) is 0.429. The summed E-state index contributed by atoms with van der Waals surface area (Å²) in [6, 6.07) is 9.59. The molecule has 0 unspecified atom stereocenters. The first-order valence-electron chi connectivity index (χ1n) is 8.85. The summed E-state index contributed by atoms with van der Waals surface area (Å²) in [7, 11) is 0. The van der Waals surface area contributed by atoms with E-state index >= 15 is 0 Å². The Balaban J connectivity index is 2.16. The second kappa shape index (κ2) is 9.62. The minimum atomic E-state index is -0.994. The SMILES string of the molecule is CCC(=O)S[C@](C)(/C=C1/C=CCCCC1)C(=O)OCc1ccccc1. The van der Waals surface area contributed by atoms with Crippen LogP contribution in [0.3, 0.4) is 0 Å². The van der Waals surface area contributed by atoms with Gasteiger partial charge in [-0.2, -0.15) is 0 Å². The second-order valence-electron chi connectivity index (χ2n) is 6.36. The molecule has 0 amide bonds. The van der Waals surface area contributed by atoms with Crippen LogP contribution in [-0.4, -0.2) is 15.8 Å². The van der Waals surface area contributed by atoms with E-state index in [0.29, 0.717) is 6.42 Å². The summed E-state index contributed by atoms with van der Waals surface area (Å²) in [4.78, 5) is 24.8. The van der Waals surface area contributed by atoms with Crippen LogP contribution in [0.1, 0.15) is 51.5 Å². The van der Waals surface area contributed by atoms with Crippen LogP contribution < -0.4 is 0 Å². The van der Waals surface area contributed by atoms with Gasteiger partial charge in [-0.15, -0.1) is 0 Å². The van der Waals surface area contributed by atoms with Crippen LogP contribution in [0.25, 0.3) is 0 Å². The summed E-state index contributed by atoms with van der Waals surface area (Å²) >= 11 is 1.07. The number of ether oxygens (including phenoxy) is 1. The van der Waals surface area contributed by atoms with Crippen molar-refractivity contribution < 1.29 is 14.3 Å². The topological polar surface area (TPSA) is 43.4 Å². The third-order valence-corrected chi connectivity index (χ3v) is 5.34. The molecule has 0 aromatic heterocycles. The molecule has 0 aliphatic heterocycles. The number of allylic oxidation sites excluding steroid dienone is 3. The highest BCUT2D eigenvalue weighted by atomic mass is 32.2. The molecule has 1 aliphatic carbocycles. The monoisotopic (exact) mass is 358 g/mol. The summed E-state index contributed by atoms with van der Waals surface area (Å²) < 4.78 is 4.54.